The predicted molar refractivity (Wildman–Crippen MR) is 79.0 cm³/mol. The highest BCUT2D eigenvalue weighted by atomic mass is 15.2. The summed E-state index contributed by atoms with van der Waals surface area (Å²) in [5.74, 6) is 1.72. The van der Waals surface area contributed by atoms with E-state index < -0.39 is 0 Å². The van der Waals surface area contributed by atoms with Crippen molar-refractivity contribution in [1.82, 2.24) is 9.97 Å². The van der Waals surface area contributed by atoms with Gasteiger partial charge in [0.05, 0.1) is 5.69 Å². The number of nitrogens with two attached hydrogens (primary N) is 1. The number of hydrogen-bond acceptors (Lipinski definition) is 4. The lowest BCUT2D eigenvalue weighted by molar-refractivity contribution is 0.522. The van der Waals surface area contributed by atoms with Crippen molar-refractivity contribution in [2.24, 2.45) is 11.7 Å². The summed E-state index contributed by atoms with van der Waals surface area (Å²) in [5.41, 5.74) is 6.74. The second-order valence-electron chi connectivity index (χ2n) is 5.84. The molecule has 1 aliphatic carbocycles. The van der Waals surface area contributed by atoms with Gasteiger partial charge in [-0.05, 0) is 25.2 Å². The Morgan fingerprint density at radius 3 is 2.58 bits per heavy atom. The van der Waals surface area contributed by atoms with E-state index in [4.69, 9.17) is 5.73 Å². The molecule has 0 aliphatic heterocycles. The average molecular weight is 262 g/mol. The van der Waals surface area contributed by atoms with Gasteiger partial charge in [0.1, 0.15) is 0 Å². The van der Waals surface area contributed by atoms with E-state index in [1.54, 1.807) is 12.4 Å². The molecule has 2 rings (SSSR count). The molecule has 0 atom stereocenters. The molecule has 1 saturated carbocycles. The molecule has 0 radical (unpaired) electrons. The highest BCUT2D eigenvalue weighted by Gasteiger charge is 2.25. The zero-order valence-corrected chi connectivity index (χ0v) is 12.2. The second-order valence-corrected chi connectivity index (χ2v) is 5.84. The van der Waals surface area contributed by atoms with Gasteiger partial charge in [0.15, 0.2) is 5.82 Å². The largest absolute Gasteiger partial charge is 0.352 e. The number of aromatic nitrogens is 2. The lowest BCUT2D eigenvalue weighted by Gasteiger charge is -2.31. The van der Waals surface area contributed by atoms with Crippen LogP contribution >= 0.6 is 0 Å². The van der Waals surface area contributed by atoms with Gasteiger partial charge < -0.3 is 10.6 Å². The van der Waals surface area contributed by atoms with Gasteiger partial charge in [0, 0.05) is 31.5 Å². The predicted octanol–water partition coefficient (Wildman–Crippen LogP) is 2.73. The Morgan fingerprint density at radius 1 is 1.26 bits per heavy atom. The van der Waals surface area contributed by atoms with Crippen molar-refractivity contribution < 1.29 is 0 Å². The van der Waals surface area contributed by atoms with Gasteiger partial charge in [0.25, 0.3) is 0 Å². The second kappa shape index (κ2) is 6.85. The molecule has 2 N–H and O–H groups in total. The Bertz CT molecular complexity index is 385. The summed E-state index contributed by atoms with van der Waals surface area (Å²) in [7, 11) is 0. The number of anilines is 1. The third-order valence-electron chi connectivity index (χ3n) is 3.93. The van der Waals surface area contributed by atoms with Gasteiger partial charge in [-0.15, -0.1) is 0 Å². The van der Waals surface area contributed by atoms with E-state index in [1.807, 2.05) is 0 Å². The molecule has 0 aromatic carbocycles. The molecular formula is C15H26N4. The van der Waals surface area contributed by atoms with Crippen molar-refractivity contribution in [3.63, 3.8) is 0 Å². The summed E-state index contributed by atoms with van der Waals surface area (Å²) in [6.07, 6.45) is 9.93. The average Bonchev–Trinajstić information content (AvgIpc) is 2.93. The van der Waals surface area contributed by atoms with Crippen molar-refractivity contribution in [1.29, 1.82) is 0 Å². The first-order valence-electron chi connectivity index (χ1n) is 7.49. The molecular weight excluding hydrogens is 236 g/mol. The van der Waals surface area contributed by atoms with E-state index in [9.17, 15) is 0 Å². The normalized spacial score (nSPS) is 16.2. The van der Waals surface area contributed by atoms with Crippen LogP contribution in [0.15, 0.2) is 12.4 Å². The molecule has 106 valence electrons. The van der Waals surface area contributed by atoms with Crippen LogP contribution in [0.5, 0.6) is 0 Å². The minimum Gasteiger partial charge on any atom is -0.352 e. The maximum absolute atomic E-state index is 5.81. The van der Waals surface area contributed by atoms with Crippen molar-refractivity contribution in [2.45, 2.75) is 58.5 Å². The fraction of sp³-hybridized carbons (Fsp3) is 0.733. The van der Waals surface area contributed by atoms with Gasteiger partial charge in [-0.3, -0.25) is 4.98 Å². The third-order valence-corrected chi connectivity index (χ3v) is 3.93. The SMILES string of the molecule is CC(C)CCN(c1nccnc1CN)C1CCCC1. The Hall–Kier alpha value is -1.16. The summed E-state index contributed by atoms with van der Waals surface area (Å²) < 4.78 is 0. The van der Waals surface area contributed by atoms with Gasteiger partial charge in [-0.25, -0.2) is 4.98 Å². The van der Waals surface area contributed by atoms with E-state index in [-0.39, 0.29) is 0 Å². The molecule has 1 aromatic heterocycles. The van der Waals surface area contributed by atoms with E-state index >= 15 is 0 Å². The molecule has 1 fully saturated rings. The first-order valence-corrected chi connectivity index (χ1v) is 7.49. The van der Waals surface area contributed by atoms with Crippen LogP contribution < -0.4 is 10.6 Å². The minimum atomic E-state index is 0.466. The highest BCUT2D eigenvalue weighted by molar-refractivity contribution is 5.44. The topological polar surface area (TPSA) is 55.0 Å². The van der Waals surface area contributed by atoms with Crippen LogP contribution in [-0.4, -0.2) is 22.6 Å². The van der Waals surface area contributed by atoms with Crippen LogP contribution in [0.1, 0.15) is 51.6 Å². The third kappa shape index (κ3) is 3.66. The fourth-order valence-corrected chi connectivity index (χ4v) is 2.82. The maximum atomic E-state index is 5.81. The Kier molecular flexibility index (Phi) is 5.14. The molecule has 4 heteroatoms. The van der Waals surface area contributed by atoms with Gasteiger partial charge >= 0.3 is 0 Å². The Morgan fingerprint density at radius 2 is 1.95 bits per heavy atom. The number of rotatable bonds is 6. The van der Waals surface area contributed by atoms with Crippen molar-refractivity contribution in [2.75, 3.05) is 11.4 Å². The van der Waals surface area contributed by atoms with Crippen molar-refractivity contribution in [3.05, 3.63) is 18.1 Å². The molecule has 0 bridgehead atoms. The molecule has 1 heterocycles. The zero-order chi connectivity index (χ0) is 13.7. The van der Waals surface area contributed by atoms with Crippen LogP contribution in [-0.2, 0) is 6.54 Å². The van der Waals surface area contributed by atoms with Crippen molar-refractivity contribution >= 4 is 5.82 Å². The lowest BCUT2D eigenvalue weighted by Crippen LogP contribution is -2.36. The molecule has 0 unspecified atom stereocenters. The van der Waals surface area contributed by atoms with E-state index in [0.717, 1.165) is 18.1 Å². The molecule has 1 aromatic rings. The monoisotopic (exact) mass is 262 g/mol. The molecule has 0 spiro atoms. The summed E-state index contributed by atoms with van der Waals surface area (Å²) in [4.78, 5) is 11.4. The van der Waals surface area contributed by atoms with Gasteiger partial charge in [0.2, 0.25) is 0 Å². The molecule has 19 heavy (non-hydrogen) atoms. The van der Waals surface area contributed by atoms with E-state index in [1.165, 1.54) is 32.1 Å². The van der Waals surface area contributed by atoms with Gasteiger partial charge in [-0.2, -0.15) is 0 Å². The van der Waals surface area contributed by atoms with E-state index in [2.05, 4.69) is 28.7 Å². The number of hydrogen-bond donors (Lipinski definition) is 1. The van der Waals surface area contributed by atoms with Crippen LogP contribution in [0.25, 0.3) is 0 Å². The first-order chi connectivity index (χ1) is 9.22. The summed E-state index contributed by atoms with van der Waals surface area (Å²) >= 11 is 0. The Balaban J connectivity index is 2.19. The zero-order valence-electron chi connectivity index (χ0n) is 12.2. The molecule has 0 amide bonds. The fourth-order valence-electron chi connectivity index (χ4n) is 2.82. The standard InChI is InChI=1S/C15H26N4/c1-12(2)7-10-19(13-5-3-4-6-13)15-14(11-16)17-8-9-18-15/h8-9,12-13H,3-7,10-11,16H2,1-2H3. The van der Waals surface area contributed by atoms with Gasteiger partial charge in [-0.1, -0.05) is 26.7 Å². The number of nitrogens with zero attached hydrogens (tertiary/aromatic N) is 3. The van der Waals surface area contributed by atoms with Crippen LogP contribution in [0.2, 0.25) is 0 Å². The minimum absolute atomic E-state index is 0.466. The highest BCUT2D eigenvalue weighted by Crippen LogP contribution is 2.29. The summed E-state index contributed by atoms with van der Waals surface area (Å²) in [5, 5.41) is 0. The molecule has 4 nitrogen and oxygen atoms in total. The van der Waals surface area contributed by atoms with E-state index in [0.29, 0.717) is 18.5 Å². The quantitative estimate of drug-likeness (QED) is 0.856. The lowest BCUT2D eigenvalue weighted by atomic mass is 10.1. The first kappa shape index (κ1) is 14.3. The molecule has 1 aliphatic rings. The van der Waals surface area contributed by atoms with Crippen LogP contribution in [0, 0.1) is 5.92 Å². The van der Waals surface area contributed by atoms with Crippen LogP contribution in [0.3, 0.4) is 0 Å². The Labute approximate surface area is 116 Å². The summed E-state index contributed by atoms with van der Waals surface area (Å²) in [6.45, 7) is 6.07. The van der Waals surface area contributed by atoms with Crippen LogP contribution in [0.4, 0.5) is 5.82 Å². The maximum Gasteiger partial charge on any atom is 0.151 e. The molecule has 0 saturated heterocycles. The summed E-state index contributed by atoms with van der Waals surface area (Å²) in [6, 6.07) is 0.626. The smallest absolute Gasteiger partial charge is 0.151 e. The van der Waals surface area contributed by atoms with Crippen molar-refractivity contribution in [3.8, 4) is 0 Å².